The first-order chi connectivity index (χ1) is 16.5. The van der Waals surface area contributed by atoms with E-state index in [4.69, 9.17) is 0 Å². The molecular weight excluding hydrogens is 568 g/mol. The molecule has 4 rings (SSSR count). The van der Waals surface area contributed by atoms with Crippen LogP contribution in [0.4, 0.5) is 20.2 Å². The number of nitrogens with one attached hydrogen (secondary N) is 2. The molecule has 0 atom stereocenters. The third kappa shape index (κ3) is 6.62. The third-order valence-electron chi connectivity index (χ3n) is 4.67. The molecule has 2 N–H and O–H groups in total. The molecule has 4 aromatic rings. The molecule has 0 spiro atoms. The van der Waals surface area contributed by atoms with Crippen LogP contribution in [0.15, 0.2) is 97.1 Å². The molecule has 34 heavy (non-hydrogen) atoms. The fourth-order valence-electron chi connectivity index (χ4n) is 2.89. The summed E-state index contributed by atoms with van der Waals surface area (Å²) in [5.41, 5.74) is 2.15. The molecule has 0 saturated carbocycles. The van der Waals surface area contributed by atoms with Gasteiger partial charge < -0.3 is 0 Å². The van der Waals surface area contributed by atoms with Crippen molar-refractivity contribution in [1.29, 1.82) is 0 Å². The summed E-state index contributed by atoms with van der Waals surface area (Å²) in [5, 5.41) is 5.50. The Balaban J connectivity index is 1.29. The van der Waals surface area contributed by atoms with Crippen LogP contribution in [-0.2, 0) is 0 Å². The fraction of sp³-hybridized carbons (Fsp3) is 0. The molecule has 0 saturated heterocycles. The molecule has 0 aliphatic rings. The van der Waals surface area contributed by atoms with Gasteiger partial charge in [0, 0.05) is 0 Å². The Morgan fingerprint density at radius 1 is 0.500 bits per heavy atom. The summed E-state index contributed by atoms with van der Waals surface area (Å²) in [5.74, 6) is -1.19. The SMILES string of the molecule is O=C(Nc1ccc(F)cc1)c1ccc([Se][Se]c2ccc(C(=O)Nc3ccc(F)cc3)cc2)cc1. The quantitative estimate of drug-likeness (QED) is 0.325. The first-order valence-electron chi connectivity index (χ1n) is 10.1. The first-order valence-corrected chi connectivity index (χ1v) is 16.2. The molecule has 0 unspecified atom stereocenters. The predicted molar refractivity (Wildman–Crippen MR) is 132 cm³/mol. The summed E-state index contributed by atoms with van der Waals surface area (Å²) in [6, 6.07) is 26.2. The summed E-state index contributed by atoms with van der Waals surface area (Å²) >= 11 is 0.438. The van der Waals surface area contributed by atoms with E-state index < -0.39 is 0 Å². The van der Waals surface area contributed by atoms with E-state index in [0.717, 1.165) is 0 Å². The van der Waals surface area contributed by atoms with E-state index in [1.165, 1.54) is 57.5 Å². The van der Waals surface area contributed by atoms with Gasteiger partial charge in [-0.15, -0.1) is 0 Å². The summed E-state index contributed by atoms with van der Waals surface area (Å²) in [7, 11) is 0. The summed E-state index contributed by atoms with van der Waals surface area (Å²) in [6.45, 7) is 0. The Morgan fingerprint density at radius 2 is 0.824 bits per heavy atom. The molecule has 2 amide bonds. The number of hydrogen-bond acceptors (Lipinski definition) is 2. The topological polar surface area (TPSA) is 58.2 Å². The van der Waals surface area contributed by atoms with Crippen molar-refractivity contribution in [2.24, 2.45) is 0 Å². The van der Waals surface area contributed by atoms with E-state index in [0.29, 0.717) is 22.5 Å². The Morgan fingerprint density at radius 3 is 1.15 bits per heavy atom. The Kier molecular flexibility index (Phi) is 7.88. The summed E-state index contributed by atoms with van der Waals surface area (Å²) in [4.78, 5) is 24.7. The van der Waals surface area contributed by atoms with Crippen molar-refractivity contribution in [2.45, 2.75) is 0 Å². The van der Waals surface area contributed by atoms with Crippen LogP contribution in [0.25, 0.3) is 0 Å². The van der Waals surface area contributed by atoms with E-state index in [1.807, 2.05) is 24.3 Å². The number of anilines is 2. The Bertz CT molecular complexity index is 1180. The third-order valence-corrected chi connectivity index (χ3v) is 11.9. The van der Waals surface area contributed by atoms with Gasteiger partial charge in [0.25, 0.3) is 0 Å². The van der Waals surface area contributed by atoms with Crippen LogP contribution in [0.1, 0.15) is 20.7 Å². The van der Waals surface area contributed by atoms with Crippen LogP contribution in [0.2, 0.25) is 0 Å². The predicted octanol–water partition coefficient (Wildman–Crippen LogP) is 3.74. The van der Waals surface area contributed by atoms with Crippen molar-refractivity contribution >= 4 is 58.4 Å². The van der Waals surface area contributed by atoms with Crippen molar-refractivity contribution in [3.63, 3.8) is 0 Å². The van der Waals surface area contributed by atoms with Crippen LogP contribution in [0.3, 0.4) is 0 Å². The van der Waals surface area contributed by atoms with Gasteiger partial charge in [-0.25, -0.2) is 0 Å². The van der Waals surface area contributed by atoms with Gasteiger partial charge in [0.05, 0.1) is 0 Å². The van der Waals surface area contributed by atoms with E-state index in [1.54, 1.807) is 24.3 Å². The number of halogens is 2. The molecule has 170 valence electrons. The average molecular weight is 586 g/mol. The number of rotatable bonds is 7. The van der Waals surface area contributed by atoms with E-state index in [-0.39, 0.29) is 49.7 Å². The molecule has 0 aromatic heterocycles. The van der Waals surface area contributed by atoms with Gasteiger partial charge in [-0.2, -0.15) is 0 Å². The van der Waals surface area contributed by atoms with Crippen LogP contribution in [-0.4, -0.2) is 38.1 Å². The second kappa shape index (κ2) is 11.2. The molecule has 0 aliphatic carbocycles. The molecule has 0 heterocycles. The minimum absolute atomic E-state index is 0.219. The second-order valence-electron chi connectivity index (χ2n) is 7.14. The van der Waals surface area contributed by atoms with Gasteiger partial charge in [-0.3, -0.25) is 0 Å². The average Bonchev–Trinajstić information content (AvgIpc) is 2.86. The zero-order valence-corrected chi connectivity index (χ0v) is 21.1. The van der Waals surface area contributed by atoms with E-state index >= 15 is 0 Å². The second-order valence-corrected chi connectivity index (χ2v) is 13.4. The van der Waals surface area contributed by atoms with Crippen molar-refractivity contribution in [3.8, 4) is 0 Å². The van der Waals surface area contributed by atoms with Gasteiger partial charge in [-0.05, 0) is 0 Å². The molecular formula is C26H18F2N2O2Se2. The number of carbonyl (C=O) groups excluding carboxylic acids is 2. The molecule has 0 bridgehead atoms. The number of benzene rings is 4. The number of carbonyl (C=O) groups is 2. The molecule has 4 aromatic carbocycles. The van der Waals surface area contributed by atoms with Gasteiger partial charge in [0.15, 0.2) is 0 Å². The Hall–Kier alpha value is -3.28. The molecule has 0 fully saturated rings. The molecule has 0 aliphatic heterocycles. The summed E-state index contributed by atoms with van der Waals surface area (Å²) < 4.78 is 28.3. The maximum absolute atomic E-state index is 13.0. The zero-order chi connectivity index (χ0) is 23.9. The molecule has 8 heteroatoms. The maximum atomic E-state index is 13.0. The minimum atomic E-state index is -0.352. The van der Waals surface area contributed by atoms with Crippen LogP contribution < -0.4 is 19.6 Å². The molecule has 4 nitrogen and oxygen atoms in total. The van der Waals surface area contributed by atoms with Crippen LogP contribution in [0, 0.1) is 11.6 Å². The van der Waals surface area contributed by atoms with Gasteiger partial charge in [0.2, 0.25) is 0 Å². The van der Waals surface area contributed by atoms with Crippen molar-refractivity contribution in [1.82, 2.24) is 0 Å². The van der Waals surface area contributed by atoms with E-state index in [9.17, 15) is 18.4 Å². The number of amides is 2. The van der Waals surface area contributed by atoms with Crippen molar-refractivity contribution in [3.05, 3.63) is 120 Å². The molecule has 0 radical (unpaired) electrons. The number of hydrogen-bond donors (Lipinski definition) is 2. The first kappa shape index (κ1) is 23.9. The van der Waals surface area contributed by atoms with Crippen LogP contribution >= 0.6 is 0 Å². The Labute approximate surface area is 206 Å². The monoisotopic (exact) mass is 588 g/mol. The van der Waals surface area contributed by atoms with Gasteiger partial charge >= 0.3 is 207 Å². The standard InChI is InChI=1S/C26H18F2N2O2Se2/c27-19-5-9-21(10-6-19)29-25(31)17-1-13-23(14-2-17)33-34-24-15-3-18(4-16-24)26(32)30-22-11-7-20(28)8-12-22/h1-16H,(H,29,31)(H,30,32). The van der Waals surface area contributed by atoms with Gasteiger partial charge in [0.1, 0.15) is 0 Å². The van der Waals surface area contributed by atoms with Gasteiger partial charge in [-0.1, -0.05) is 0 Å². The van der Waals surface area contributed by atoms with Crippen LogP contribution in [0.5, 0.6) is 0 Å². The summed E-state index contributed by atoms with van der Waals surface area (Å²) in [6.07, 6.45) is 0. The normalized spacial score (nSPS) is 10.5. The fourth-order valence-corrected chi connectivity index (χ4v) is 8.85. The van der Waals surface area contributed by atoms with E-state index in [2.05, 4.69) is 10.6 Å². The van der Waals surface area contributed by atoms with Crippen molar-refractivity contribution < 1.29 is 18.4 Å². The van der Waals surface area contributed by atoms with Crippen molar-refractivity contribution in [2.75, 3.05) is 10.6 Å². The zero-order valence-electron chi connectivity index (χ0n) is 17.6.